The summed E-state index contributed by atoms with van der Waals surface area (Å²) in [6.45, 7) is 4.59. The lowest BCUT2D eigenvalue weighted by Crippen LogP contribution is -2.36. The van der Waals surface area contributed by atoms with Crippen LogP contribution in [0.3, 0.4) is 0 Å². The SMILES string of the molecule is CCOc1cccn2c(C(=O)NC3CCCCCCCCCCC3)c(CC)nc12. The number of aryl methyl sites for hydroxylation is 1. The van der Waals surface area contributed by atoms with Crippen LogP contribution in [0.4, 0.5) is 0 Å². The average Bonchev–Trinajstić information content (AvgIpc) is 3.10. The van der Waals surface area contributed by atoms with Gasteiger partial charge in [0.15, 0.2) is 11.4 Å². The van der Waals surface area contributed by atoms with Gasteiger partial charge in [-0.15, -0.1) is 0 Å². The third-order valence-electron chi connectivity index (χ3n) is 5.98. The number of hydrogen-bond acceptors (Lipinski definition) is 3. The van der Waals surface area contributed by atoms with E-state index in [1.165, 1.54) is 57.8 Å². The van der Waals surface area contributed by atoms with E-state index in [2.05, 4.69) is 12.2 Å². The fourth-order valence-electron chi connectivity index (χ4n) is 4.41. The smallest absolute Gasteiger partial charge is 0.270 e. The van der Waals surface area contributed by atoms with Crippen molar-refractivity contribution in [2.45, 2.75) is 96.9 Å². The van der Waals surface area contributed by atoms with Crippen LogP contribution in [-0.2, 0) is 6.42 Å². The molecule has 0 aliphatic heterocycles. The number of nitrogens with zero attached hydrogens (tertiary/aromatic N) is 2. The van der Waals surface area contributed by atoms with Gasteiger partial charge < -0.3 is 10.1 Å². The summed E-state index contributed by atoms with van der Waals surface area (Å²) in [4.78, 5) is 18.0. The van der Waals surface area contributed by atoms with Gasteiger partial charge in [-0.05, 0) is 38.3 Å². The predicted octanol–water partition coefficient (Wildman–Crippen LogP) is 5.70. The summed E-state index contributed by atoms with van der Waals surface area (Å²) in [5.41, 5.74) is 2.23. The highest BCUT2D eigenvalue weighted by Crippen LogP contribution is 2.23. The number of imidazole rings is 1. The van der Waals surface area contributed by atoms with Crippen LogP contribution in [0.5, 0.6) is 5.75 Å². The van der Waals surface area contributed by atoms with Crippen molar-refractivity contribution in [2.24, 2.45) is 0 Å². The number of hydrogen-bond donors (Lipinski definition) is 1. The molecule has 0 unspecified atom stereocenters. The van der Waals surface area contributed by atoms with E-state index < -0.39 is 0 Å². The van der Waals surface area contributed by atoms with E-state index in [0.29, 0.717) is 12.3 Å². The van der Waals surface area contributed by atoms with Gasteiger partial charge >= 0.3 is 0 Å². The quantitative estimate of drug-likeness (QED) is 0.702. The van der Waals surface area contributed by atoms with E-state index in [9.17, 15) is 4.79 Å². The summed E-state index contributed by atoms with van der Waals surface area (Å²) in [6.07, 6.45) is 16.5. The number of fused-ring (bicyclic) bond motifs is 1. The molecule has 1 N–H and O–H groups in total. The second-order valence-corrected chi connectivity index (χ2v) is 8.19. The molecule has 3 rings (SSSR count). The van der Waals surface area contributed by atoms with Crippen molar-refractivity contribution in [1.82, 2.24) is 14.7 Å². The van der Waals surface area contributed by atoms with E-state index in [1.807, 2.05) is 29.7 Å². The van der Waals surface area contributed by atoms with Crippen LogP contribution < -0.4 is 10.1 Å². The lowest BCUT2D eigenvalue weighted by molar-refractivity contribution is 0.0924. The molecule has 1 saturated carbocycles. The van der Waals surface area contributed by atoms with E-state index >= 15 is 0 Å². The maximum absolute atomic E-state index is 13.3. The molecule has 2 aromatic heterocycles. The van der Waals surface area contributed by atoms with E-state index in [4.69, 9.17) is 9.72 Å². The predicted molar refractivity (Wildman–Crippen MR) is 118 cm³/mol. The van der Waals surface area contributed by atoms with Gasteiger partial charge in [0.05, 0.1) is 12.3 Å². The molecule has 0 saturated heterocycles. The molecular weight excluding hydrogens is 362 g/mol. The molecule has 1 aliphatic rings. The Bertz CT molecular complexity index is 772. The maximum atomic E-state index is 13.3. The first-order chi connectivity index (χ1) is 14.2. The third kappa shape index (κ3) is 5.74. The van der Waals surface area contributed by atoms with Crippen LogP contribution in [-0.4, -0.2) is 27.9 Å². The molecule has 0 atom stereocenters. The largest absolute Gasteiger partial charge is 0.490 e. The van der Waals surface area contributed by atoms with Crippen LogP contribution >= 0.6 is 0 Å². The Morgan fingerprint density at radius 2 is 1.69 bits per heavy atom. The normalized spacial score (nSPS) is 17.4. The molecule has 0 spiro atoms. The van der Waals surface area contributed by atoms with Gasteiger partial charge in [-0.3, -0.25) is 9.20 Å². The first-order valence-corrected chi connectivity index (χ1v) is 11.7. The number of pyridine rings is 1. The highest BCUT2D eigenvalue weighted by molar-refractivity contribution is 5.95. The van der Waals surface area contributed by atoms with Crippen molar-refractivity contribution in [3.8, 4) is 5.75 Å². The number of nitrogens with one attached hydrogen (secondary N) is 1. The minimum Gasteiger partial charge on any atom is -0.490 e. The van der Waals surface area contributed by atoms with Crippen molar-refractivity contribution in [3.63, 3.8) is 0 Å². The molecule has 1 amide bonds. The third-order valence-corrected chi connectivity index (χ3v) is 5.98. The van der Waals surface area contributed by atoms with Gasteiger partial charge in [-0.2, -0.15) is 0 Å². The summed E-state index contributed by atoms with van der Waals surface area (Å²) >= 11 is 0. The zero-order valence-electron chi connectivity index (χ0n) is 18.2. The summed E-state index contributed by atoms with van der Waals surface area (Å²) in [5.74, 6) is 0.731. The topological polar surface area (TPSA) is 55.6 Å². The van der Waals surface area contributed by atoms with Crippen molar-refractivity contribution in [2.75, 3.05) is 6.61 Å². The Morgan fingerprint density at radius 1 is 1.07 bits per heavy atom. The van der Waals surface area contributed by atoms with Crippen LogP contribution in [0.25, 0.3) is 5.65 Å². The molecular formula is C24H37N3O2. The molecule has 1 fully saturated rings. The van der Waals surface area contributed by atoms with Gasteiger partial charge in [0.2, 0.25) is 0 Å². The summed E-state index contributed by atoms with van der Waals surface area (Å²) in [6, 6.07) is 4.10. The number of rotatable bonds is 5. The van der Waals surface area contributed by atoms with E-state index in [-0.39, 0.29) is 11.9 Å². The van der Waals surface area contributed by atoms with Crippen LogP contribution in [0.15, 0.2) is 18.3 Å². The van der Waals surface area contributed by atoms with Gasteiger partial charge in [0.25, 0.3) is 5.91 Å². The minimum absolute atomic E-state index is 0.0000858. The Labute approximate surface area is 175 Å². The maximum Gasteiger partial charge on any atom is 0.270 e. The lowest BCUT2D eigenvalue weighted by atomic mass is 9.98. The zero-order chi connectivity index (χ0) is 20.5. The molecule has 2 aromatic rings. The summed E-state index contributed by atoms with van der Waals surface area (Å²) in [5, 5.41) is 3.35. The lowest BCUT2D eigenvalue weighted by Gasteiger charge is -2.20. The Kier molecular flexibility index (Phi) is 8.38. The number of carbonyl (C=O) groups excluding carboxylic acids is 1. The fraction of sp³-hybridized carbons (Fsp3) is 0.667. The molecule has 29 heavy (non-hydrogen) atoms. The minimum atomic E-state index is 0.0000858. The van der Waals surface area contributed by atoms with Crippen LogP contribution in [0, 0.1) is 0 Å². The number of carbonyl (C=O) groups is 1. The van der Waals surface area contributed by atoms with Gasteiger partial charge in [-0.1, -0.05) is 64.7 Å². The molecule has 0 aromatic carbocycles. The number of amides is 1. The second-order valence-electron chi connectivity index (χ2n) is 8.19. The molecule has 2 heterocycles. The molecule has 160 valence electrons. The number of ether oxygens (including phenoxy) is 1. The fourth-order valence-corrected chi connectivity index (χ4v) is 4.41. The van der Waals surface area contributed by atoms with Crippen molar-refractivity contribution < 1.29 is 9.53 Å². The molecule has 0 bridgehead atoms. The van der Waals surface area contributed by atoms with Crippen molar-refractivity contribution in [1.29, 1.82) is 0 Å². The zero-order valence-corrected chi connectivity index (χ0v) is 18.2. The van der Waals surface area contributed by atoms with Crippen molar-refractivity contribution >= 4 is 11.6 Å². The first-order valence-electron chi connectivity index (χ1n) is 11.7. The molecule has 5 nitrogen and oxygen atoms in total. The molecule has 1 aliphatic carbocycles. The highest BCUT2D eigenvalue weighted by Gasteiger charge is 2.22. The van der Waals surface area contributed by atoms with Crippen LogP contribution in [0.2, 0.25) is 0 Å². The van der Waals surface area contributed by atoms with Gasteiger partial charge in [-0.25, -0.2) is 4.98 Å². The number of aromatic nitrogens is 2. The standard InChI is InChI=1S/C24H37N3O2/c1-3-20-22(27-18-14-17-21(29-4-2)23(27)26-20)24(28)25-19-15-12-10-8-6-5-7-9-11-13-16-19/h14,17-19H,3-13,15-16H2,1-2H3,(H,25,28). The average molecular weight is 400 g/mol. The Balaban J connectivity index is 1.77. The van der Waals surface area contributed by atoms with Gasteiger partial charge in [0.1, 0.15) is 5.69 Å². The van der Waals surface area contributed by atoms with E-state index in [0.717, 1.165) is 36.4 Å². The van der Waals surface area contributed by atoms with Gasteiger partial charge in [0, 0.05) is 12.2 Å². The monoisotopic (exact) mass is 399 g/mol. The highest BCUT2D eigenvalue weighted by atomic mass is 16.5. The van der Waals surface area contributed by atoms with Crippen molar-refractivity contribution in [3.05, 3.63) is 29.7 Å². The molecule has 5 heteroatoms. The molecule has 0 radical (unpaired) electrons. The Morgan fingerprint density at radius 3 is 2.28 bits per heavy atom. The second kappa shape index (κ2) is 11.2. The summed E-state index contributed by atoms with van der Waals surface area (Å²) < 4.78 is 7.62. The summed E-state index contributed by atoms with van der Waals surface area (Å²) in [7, 11) is 0. The van der Waals surface area contributed by atoms with Crippen LogP contribution in [0.1, 0.15) is 101 Å². The van der Waals surface area contributed by atoms with E-state index in [1.54, 1.807) is 0 Å². The Hall–Kier alpha value is -2.04. The first kappa shape index (κ1) is 21.7.